The number of aryl methyl sites for hydroxylation is 1. The van der Waals surface area contributed by atoms with Crippen LogP contribution in [0.3, 0.4) is 0 Å². The quantitative estimate of drug-likeness (QED) is 0.542. The van der Waals surface area contributed by atoms with Gasteiger partial charge in [-0.1, -0.05) is 12.1 Å². The van der Waals surface area contributed by atoms with Gasteiger partial charge in [0, 0.05) is 11.8 Å². The number of carbonyl (C=O) groups excluding carboxylic acids is 2. The molecule has 1 aliphatic rings. The van der Waals surface area contributed by atoms with Crippen LogP contribution in [0.25, 0.3) is 22.3 Å². The normalized spacial score (nSPS) is 13.4. The number of imide groups is 1. The molecule has 3 heterocycles. The van der Waals surface area contributed by atoms with E-state index in [1.54, 1.807) is 30.3 Å². The van der Waals surface area contributed by atoms with Crippen molar-refractivity contribution in [1.82, 2.24) is 15.2 Å². The number of aromatic nitrogens is 3. The third kappa shape index (κ3) is 2.26. The summed E-state index contributed by atoms with van der Waals surface area (Å²) in [5.74, 6) is -1.22. The zero-order valence-electron chi connectivity index (χ0n) is 14.7. The van der Waals surface area contributed by atoms with Gasteiger partial charge in [0.15, 0.2) is 5.65 Å². The largest absolute Gasteiger partial charge is 0.275 e. The molecule has 1 N–H and O–H groups in total. The Kier molecular flexibility index (Phi) is 3.39. The van der Waals surface area contributed by atoms with Crippen LogP contribution < -0.4 is 4.90 Å². The Balaban J connectivity index is 1.73. The Morgan fingerprint density at radius 3 is 2.57 bits per heavy atom. The molecular weight excluding hydrogens is 359 g/mol. The number of nitrogens with zero attached hydrogens (tertiary/aromatic N) is 3. The van der Waals surface area contributed by atoms with Gasteiger partial charge in [-0.2, -0.15) is 5.10 Å². The smallest absolute Gasteiger partial charge is 0.267 e. The molecule has 0 fully saturated rings. The number of anilines is 1. The molecule has 0 unspecified atom stereocenters. The molecule has 4 aromatic rings. The molecule has 1 aliphatic heterocycles. The molecule has 0 atom stereocenters. The SMILES string of the molecule is Cc1cccc(N2C(=O)c3cnc4n[nH]c(-c5ccc(F)cc5)c4c3C2=O)c1. The van der Waals surface area contributed by atoms with Crippen LogP contribution in [0.5, 0.6) is 0 Å². The Morgan fingerprint density at radius 2 is 1.82 bits per heavy atom. The van der Waals surface area contributed by atoms with Gasteiger partial charge in [0.25, 0.3) is 11.8 Å². The van der Waals surface area contributed by atoms with Gasteiger partial charge in [-0.25, -0.2) is 14.3 Å². The molecule has 136 valence electrons. The third-order valence-electron chi connectivity index (χ3n) is 4.83. The minimum Gasteiger partial charge on any atom is -0.275 e. The van der Waals surface area contributed by atoms with E-state index < -0.39 is 11.8 Å². The summed E-state index contributed by atoms with van der Waals surface area (Å²) in [6, 6.07) is 13.0. The molecule has 2 amide bonds. The number of hydrogen-bond acceptors (Lipinski definition) is 4. The number of aromatic amines is 1. The van der Waals surface area contributed by atoms with Crippen molar-refractivity contribution in [2.24, 2.45) is 0 Å². The maximum atomic E-state index is 13.3. The zero-order valence-corrected chi connectivity index (χ0v) is 14.7. The fourth-order valence-corrected chi connectivity index (χ4v) is 3.52. The van der Waals surface area contributed by atoms with Crippen molar-refractivity contribution in [1.29, 1.82) is 0 Å². The highest BCUT2D eigenvalue weighted by molar-refractivity contribution is 6.38. The van der Waals surface area contributed by atoms with Crippen LogP contribution in [0.15, 0.2) is 54.7 Å². The van der Waals surface area contributed by atoms with Gasteiger partial charge in [0.05, 0.1) is 27.9 Å². The summed E-state index contributed by atoms with van der Waals surface area (Å²) in [7, 11) is 0. The van der Waals surface area contributed by atoms with Crippen LogP contribution in [0, 0.1) is 12.7 Å². The fourth-order valence-electron chi connectivity index (χ4n) is 3.52. The average molecular weight is 372 g/mol. The van der Waals surface area contributed by atoms with Crippen molar-refractivity contribution in [3.63, 3.8) is 0 Å². The Morgan fingerprint density at radius 1 is 1.04 bits per heavy atom. The van der Waals surface area contributed by atoms with E-state index in [0.717, 1.165) is 10.5 Å². The van der Waals surface area contributed by atoms with Gasteiger partial charge in [-0.3, -0.25) is 14.7 Å². The molecule has 6 nitrogen and oxygen atoms in total. The summed E-state index contributed by atoms with van der Waals surface area (Å²) in [5.41, 5.74) is 3.41. The van der Waals surface area contributed by atoms with Gasteiger partial charge in [-0.05, 0) is 48.9 Å². The lowest BCUT2D eigenvalue weighted by Gasteiger charge is -2.14. The monoisotopic (exact) mass is 372 g/mol. The number of rotatable bonds is 2. The second-order valence-electron chi connectivity index (χ2n) is 6.64. The number of hydrogen-bond donors (Lipinski definition) is 1. The second-order valence-corrected chi connectivity index (χ2v) is 6.64. The summed E-state index contributed by atoms with van der Waals surface area (Å²) in [6.07, 6.45) is 1.38. The van der Waals surface area contributed by atoms with Crippen LogP contribution in [-0.2, 0) is 0 Å². The molecule has 0 spiro atoms. The van der Waals surface area contributed by atoms with E-state index in [2.05, 4.69) is 15.2 Å². The van der Waals surface area contributed by atoms with Crippen LogP contribution in [0.2, 0.25) is 0 Å². The van der Waals surface area contributed by atoms with E-state index in [-0.39, 0.29) is 16.9 Å². The molecule has 5 rings (SSSR count). The lowest BCUT2D eigenvalue weighted by atomic mass is 10.0. The number of pyridine rings is 1. The zero-order chi connectivity index (χ0) is 19.4. The van der Waals surface area contributed by atoms with E-state index in [9.17, 15) is 14.0 Å². The Hall–Kier alpha value is -3.87. The third-order valence-corrected chi connectivity index (χ3v) is 4.83. The van der Waals surface area contributed by atoms with Crippen LogP contribution in [0.1, 0.15) is 26.3 Å². The van der Waals surface area contributed by atoms with Gasteiger partial charge >= 0.3 is 0 Å². The molecule has 7 heteroatoms. The first kappa shape index (κ1) is 16.3. The molecule has 0 saturated carbocycles. The van der Waals surface area contributed by atoms with Gasteiger partial charge < -0.3 is 0 Å². The first-order chi connectivity index (χ1) is 13.5. The molecule has 2 aromatic heterocycles. The van der Waals surface area contributed by atoms with Crippen molar-refractivity contribution in [2.75, 3.05) is 4.90 Å². The minimum absolute atomic E-state index is 0.226. The highest BCUT2D eigenvalue weighted by Crippen LogP contribution is 2.36. The fraction of sp³-hybridized carbons (Fsp3) is 0.0476. The maximum absolute atomic E-state index is 13.3. The standard InChI is InChI=1S/C21H13FN4O2/c1-11-3-2-4-14(9-11)26-20(27)15-10-23-19-17(16(15)21(26)28)18(24-25-19)12-5-7-13(22)8-6-12/h2-10H,1H3,(H,23,24,25). The summed E-state index contributed by atoms with van der Waals surface area (Å²) in [6.45, 7) is 1.89. The lowest BCUT2D eigenvalue weighted by molar-refractivity contribution is 0.0926. The van der Waals surface area contributed by atoms with Crippen molar-refractivity contribution >= 4 is 28.5 Å². The topological polar surface area (TPSA) is 79.0 Å². The molecule has 2 aromatic carbocycles. The number of halogens is 1. The van der Waals surface area contributed by atoms with Crippen molar-refractivity contribution in [3.8, 4) is 11.3 Å². The predicted molar refractivity (Wildman–Crippen MR) is 102 cm³/mol. The number of benzene rings is 2. The van der Waals surface area contributed by atoms with E-state index in [1.165, 1.54) is 18.3 Å². The Bertz CT molecular complexity index is 1280. The van der Waals surface area contributed by atoms with E-state index in [4.69, 9.17) is 0 Å². The van der Waals surface area contributed by atoms with E-state index in [1.807, 2.05) is 13.0 Å². The number of carbonyl (C=O) groups is 2. The van der Waals surface area contributed by atoms with Crippen LogP contribution >= 0.6 is 0 Å². The van der Waals surface area contributed by atoms with Crippen molar-refractivity contribution in [3.05, 3.63) is 77.2 Å². The number of H-pyrrole nitrogens is 1. The summed E-state index contributed by atoms with van der Waals surface area (Å²) < 4.78 is 13.3. The Labute approximate surface area is 158 Å². The number of amides is 2. The first-order valence-corrected chi connectivity index (χ1v) is 8.63. The van der Waals surface area contributed by atoms with Crippen molar-refractivity contribution < 1.29 is 14.0 Å². The molecular formula is C21H13FN4O2. The van der Waals surface area contributed by atoms with Gasteiger partial charge in [0.2, 0.25) is 0 Å². The predicted octanol–water partition coefficient (Wildman–Crippen LogP) is 3.87. The van der Waals surface area contributed by atoms with Crippen LogP contribution in [0.4, 0.5) is 10.1 Å². The highest BCUT2D eigenvalue weighted by atomic mass is 19.1. The molecule has 0 saturated heterocycles. The first-order valence-electron chi connectivity index (χ1n) is 8.63. The summed E-state index contributed by atoms with van der Waals surface area (Å²) in [5, 5.41) is 7.47. The average Bonchev–Trinajstić information content (AvgIpc) is 3.22. The van der Waals surface area contributed by atoms with Gasteiger partial charge in [0.1, 0.15) is 5.82 Å². The molecule has 28 heavy (non-hydrogen) atoms. The van der Waals surface area contributed by atoms with E-state index >= 15 is 0 Å². The summed E-state index contributed by atoms with van der Waals surface area (Å²) >= 11 is 0. The number of nitrogens with one attached hydrogen (secondary N) is 1. The lowest BCUT2D eigenvalue weighted by Crippen LogP contribution is -2.29. The number of fused-ring (bicyclic) bond motifs is 3. The second kappa shape index (κ2) is 5.82. The minimum atomic E-state index is -0.428. The van der Waals surface area contributed by atoms with Crippen LogP contribution in [-0.4, -0.2) is 27.0 Å². The molecule has 0 radical (unpaired) electrons. The maximum Gasteiger partial charge on any atom is 0.267 e. The highest BCUT2D eigenvalue weighted by Gasteiger charge is 2.40. The van der Waals surface area contributed by atoms with Gasteiger partial charge in [-0.15, -0.1) is 0 Å². The van der Waals surface area contributed by atoms with E-state index in [0.29, 0.717) is 28.0 Å². The molecule has 0 aliphatic carbocycles. The van der Waals surface area contributed by atoms with Crippen molar-refractivity contribution in [2.45, 2.75) is 6.92 Å². The summed E-state index contributed by atoms with van der Waals surface area (Å²) in [4.78, 5) is 31.6. The molecule has 0 bridgehead atoms.